The van der Waals surface area contributed by atoms with Crippen LogP contribution in [0.2, 0.25) is 0 Å². The number of sulfonamides is 1. The summed E-state index contributed by atoms with van der Waals surface area (Å²) in [5.41, 5.74) is 0. The molecule has 2 fully saturated rings. The van der Waals surface area contributed by atoms with Gasteiger partial charge in [0.05, 0.1) is 30.3 Å². The van der Waals surface area contributed by atoms with Crippen LogP contribution in [0.15, 0.2) is 35.2 Å². The van der Waals surface area contributed by atoms with Gasteiger partial charge in [0, 0.05) is 6.04 Å². The molecule has 1 aromatic rings. The highest BCUT2D eigenvalue weighted by Gasteiger charge is 2.35. The normalized spacial score (nSPS) is 30.7. The zero-order chi connectivity index (χ0) is 14.0. The zero-order valence-electron chi connectivity index (χ0n) is 11.2. The average Bonchev–Trinajstić information content (AvgIpc) is 2.48. The molecule has 3 atom stereocenters. The summed E-state index contributed by atoms with van der Waals surface area (Å²) < 4.78 is 38.7. The molecule has 3 rings (SSSR count). The van der Waals surface area contributed by atoms with Crippen LogP contribution in [0.1, 0.15) is 19.3 Å². The van der Waals surface area contributed by atoms with Gasteiger partial charge in [-0.1, -0.05) is 18.2 Å². The summed E-state index contributed by atoms with van der Waals surface area (Å²) >= 11 is 0. The van der Waals surface area contributed by atoms with E-state index in [-0.39, 0.29) is 18.2 Å². The van der Waals surface area contributed by atoms with Crippen molar-refractivity contribution in [2.24, 2.45) is 0 Å². The van der Waals surface area contributed by atoms with E-state index in [4.69, 9.17) is 9.47 Å². The Morgan fingerprint density at radius 3 is 2.45 bits per heavy atom. The van der Waals surface area contributed by atoms with Crippen LogP contribution in [0.5, 0.6) is 0 Å². The number of hydrogen-bond acceptors (Lipinski definition) is 4. The van der Waals surface area contributed by atoms with Crippen molar-refractivity contribution < 1.29 is 17.9 Å². The van der Waals surface area contributed by atoms with Crippen molar-refractivity contribution >= 4 is 10.0 Å². The first-order chi connectivity index (χ1) is 9.65. The van der Waals surface area contributed by atoms with Gasteiger partial charge in [-0.15, -0.1) is 0 Å². The fourth-order valence-electron chi connectivity index (χ4n) is 2.86. The van der Waals surface area contributed by atoms with E-state index < -0.39 is 10.0 Å². The van der Waals surface area contributed by atoms with Gasteiger partial charge >= 0.3 is 0 Å². The summed E-state index contributed by atoms with van der Waals surface area (Å²) in [6.07, 6.45) is 2.45. The van der Waals surface area contributed by atoms with Crippen molar-refractivity contribution in [3.05, 3.63) is 30.3 Å². The molecule has 0 spiro atoms. The molecule has 0 amide bonds. The second-order valence-electron chi connectivity index (χ2n) is 5.26. The SMILES string of the molecule is O=S(=O)(NC1CCC2OCCOC2C1)c1ccccc1. The number of nitrogens with one attached hydrogen (secondary N) is 1. The molecule has 5 nitrogen and oxygen atoms in total. The van der Waals surface area contributed by atoms with Gasteiger partial charge in [0.15, 0.2) is 0 Å². The molecule has 1 heterocycles. The number of ether oxygens (including phenoxy) is 2. The number of rotatable bonds is 3. The van der Waals surface area contributed by atoms with Gasteiger partial charge in [-0.05, 0) is 31.4 Å². The maximum atomic E-state index is 12.3. The molecule has 6 heteroatoms. The van der Waals surface area contributed by atoms with E-state index in [9.17, 15) is 8.42 Å². The minimum absolute atomic E-state index is 0.0148. The van der Waals surface area contributed by atoms with E-state index >= 15 is 0 Å². The molecule has 0 bridgehead atoms. The second-order valence-corrected chi connectivity index (χ2v) is 6.98. The molecule has 1 aromatic carbocycles. The lowest BCUT2D eigenvalue weighted by Gasteiger charge is -2.38. The Hall–Kier alpha value is -0.950. The summed E-state index contributed by atoms with van der Waals surface area (Å²) in [6, 6.07) is 8.38. The van der Waals surface area contributed by atoms with Crippen molar-refractivity contribution in [3.63, 3.8) is 0 Å². The summed E-state index contributed by atoms with van der Waals surface area (Å²) in [5.74, 6) is 0. The van der Waals surface area contributed by atoms with E-state index in [2.05, 4.69) is 4.72 Å². The van der Waals surface area contributed by atoms with Crippen molar-refractivity contribution in [2.75, 3.05) is 13.2 Å². The second kappa shape index (κ2) is 5.81. The van der Waals surface area contributed by atoms with E-state index in [0.717, 1.165) is 12.8 Å². The molecular formula is C14H19NO4S. The fraction of sp³-hybridized carbons (Fsp3) is 0.571. The molecule has 1 N–H and O–H groups in total. The van der Waals surface area contributed by atoms with Gasteiger partial charge < -0.3 is 9.47 Å². The van der Waals surface area contributed by atoms with Crippen molar-refractivity contribution in [2.45, 2.75) is 42.4 Å². The van der Waals surface area contributed by atoms with Crippen LogP contribution in [0.25, 0.3) is 0 Å². The molecule has 1 saturated heterocycles. The van der Waals surface area contributed by atoms with Crippen molar-refractivity contribution in [1.82, 2.24) is 4.72 Å². The molecule has 3 unspecified atom stereocenters. The third-order valence-electron chi connectivity index (χ3n) is 3.85. The van der Waals surface area contributed by atoms with Crippen LogP contribution >= 0.6 is 0 Å². The highest BCUT2D eigenvalue weighted by molar-refractivity contribution is 7.89. The fourth-order valence-corrected chi connectivity index (χ4v) is 4.16. The van der Waals surface area contributed by atoms with E-state index in [1.807, 2.05) is 0 Å². The molecule has 0 radical (unpaired) electrons. The molecule has 2 aliphatic rings. The quantitative estimate of drug-likeness (QED) is 0.913. The molecule has 20 heavy (non-hydrogen) atoms. The topological polar surface area (TPSA) is 64.6 Å². The van der Waals surface area contributed by atoms with Gasteiger partial charge in [0.2, 0.25) is 10.0 Å². The Bertz CT molecular complexity index is 546. The first-order valence-corrected chi connectivity index (χ1v) is 8.44. The Morgan fingerprint density at radius 1 is 1.00 bits per heavy atom. The first kappa shape index (κ1) is 14.0. The maximum Gasteiger partial charge on any atom is 0.240 e. The van der Waals surface area contributed by atoms with Gasteiger partial charge in [-0.25, -0.2) is 13.1 Å². The first-order valence-electron chi connectivity index (χ1n) is 6.96. The lowest BCUT2D eigenvalue weighted by molar-refractivity contribution is -0.156. The predicted molar refractivity (Wildman–Crippen MR) is 73.9 cm³/mol. The van der Waals surface area contributed by atoms with Gasteiger partial charge in [0.25, 0.3) is 0 Å². The summed E-state index contributed by atoms with van der Waals surface area (Å²) in [5, 5.41) is 0. The molecule has 1 saturated carbocycles. The van der Waals surface area contributed by atoms with Crippen LogP contribution < -0.4 is 4.72 Å². The third-order valence-corrected chi connectivity index (χ3v) is 5.39. The number of benzene rings is 1. The highest BCUT2D eigenvalue weighted by Crippen LogP contribution is 2.27. The van der Waals surface area contributed by atoms with Crippen molar-refractivity contribution in [1.29, 1.82) is 0 Å². The molecule has 0 aromatic heterocycles. The Labute approximate surface area is 119 Å². The monoisotopic (exact) mass is 297 g/mol. The highest BCUT2D eigenvalue weighted by atomic mass is 32.2. The molecule has 110 valence electrons. The number of hydrogen-bond donors (Lipinski definition) is 1. The number of fused-ring (bicyclic) bond motifs is 1. The standard InChI is InChI=1S/C14H19NO4S/c16-20(17,12-4-2-1-3-5-12)15-11-6-7-13-14(10-11)19-9-8-18-13/h1-5,11,13-15H,6-10H2. The van der Waals surface area contributed by atoms with Gasteiger partial charge in [0.1, 0.15) is 0 Å². The van der Waals surface area contributed by atoms with Gasteiger partial charge in [-0.3, -0.25) is 0 Å². The maximum absolute atomic E-state index is 12.3. The predicted octanol–water partition coefficient (Wildman–Crippen LogP) is 1.30. The van der Waals surface area contributed by atoms with Crippen LogP contribution in [-0.2, 0) is 19.5 Å². The minimum Gasteiger partial charge on any atom is -0.373 e. The Kier molecular flexibility index (Phi) is 4.07. The van der Waals surface area contributed by atoms with E-state index in [1.165, 1.54) is 0 Å². The minimum atomic E-state index is -3.44. The summed E-state index contributed by atoms with van der Waals surface area (Å²) in [6.45, 7) is 1.24. The smallest absolute Gasteiger partial charge is 0.240 e. The van der Waals surface area contributed by atoms with Crippen LogP contribution in [0.4, 0.5) is 0 Å². The third kappa shape index (κ3) is 3.03. The molecule has 1 aliphatic carbocycles. The Balaban J connectivity index is 1.66. The largest absolute Gasteiger partial charge is 0.373 e. The van der Waals surface area contributed by atoms with Crippen LogP contribution in [-0.4, -0.2) is 39.9 Å². The lowest BCUT2D eigenvalue weighted by atomic mass is 9.90. The summed E-state index contributed by atoms with van der Waals surface area (Å²) in [4.78, 5) is 0.308. The van der Waals surface area contributed by atoms with E-state index in [0.29, 0.717) is 24.5 Å². The van der Waals surface area contributed by atoms with Crippen LogP contribution in [0, 0.1) is 0 Å². The van der Waals surface area contributed by atoms with Gasteiger partial charge in [-0.2, -0.15) is 0 Å². The molecule has 1 aliphatic heterocycles. The molecular weight excluding hydrogens is 278 g/mol. The van der Waals surface area contributed by atoms with Crippen molar-refractivity contribution in [3.8, 4) is 0 Å². The van der Waals surface area contributed by atoms with Crippen LogP contribution in [0.3, 0.4) is 0 Å². The average molecular weight is 297 g/mol. The summed E-state index contributed by atoms with van der Waals surface area (Å²) in [7, 11) is -3.44. The lowest BCUT2D eigenvalue weighted by Crippen LogP contribution is -2.49. The Morgan fingerprint density at radius 2 is 1.70 bits per heavy atom. The zero-order valence-corrected chi connectivity index (χ0v) is 12.0. The van der Waals surface area contributed by atoms with E-state index in [1.54, 1.807) is 30.3 Å².